The van der Waals surface area contributed by atoms with E-state index in [2.05, 4.69) is 15.9 Å². The molecule has 1 amide bonds. The summed E-state index contributed by atoms with van der Waals surface area (Å²) in [4.78, 5) is 24.4. The molecule has 0 aliphatic carbocycles. The lowest BCUT2D eigenvalue weighted by molar-refractivity contribution is -0.141. The normalized spacial score (nSPS) is 18.0. The van der Waals surface area contributed by atoms with Crippen molar-refractivity contribution in [3.63, 3.8) is 0 Å². The number of likely N-dealkylation sites (tertiary alicyclic amines) is 1. The second kappa shape index (κ2) is 4.37. The molecular formula is C12H12BrNO2. The van der Waals surface area contributed by atoms with E-state index in [1.165, 1.54) is 0 Å². The van der Waals surface area contributed by atoms with Gasteiger partial charge in [0.15, 0.2) is 0 Å². The molecule has 1 atom stereocenters. The Morgan fingerprint density at radius 1 is 1.38 bits per heavy atom. The summed E-state index contributed by atoms with van der Waals surface area (Å²) in [6, 6.07) is 7.76. The van der Waals surface area contributed by atoms with Gasteiger partial charge in [-0.25, -0.2) is 0 Å². The maximum absolute atomic E-state index is 11.6. The highest BCUT2D eigenvalue weighted by Crippen LogP contribution is 2.26. The second-order valence-corrected chi connectivity index (χ2v) is 4.82. The number of ketones is 1. The monoisotopic (exact) mass is 281 g/mol. The van der Waals surface area contributed by atoms with Crippen LogP contribution in [0.1, 0.15) is 24.9 Å². The van der Waals surface area contributed by atoms with Gasteiger partial charge in [0.1, 0.15) is 0 Å². The Morgan fingerprint density at radius 3 is 2.69 bits per heavy atom. The number of carbonyl (C=O) groups excluding carboxylic acids is 2. The molecule has 1 aromatic rings. The van der Waals surface area contributed by atoms with E-state index in [1.54, 1.807) is 4.90 Å². The summed E-state index contributed by atoms with van der Waals surface area (Å²) in [5, 5.41) is 0. The van der Waals surface area contributed by atoms with Crippen LogP contribution in [0.15, 0.2) is 28.7 Å². The SMILES string of the molecule is CC(c1cccc(Br)c1)N1CCC(=O)C1=O. The Hall–Kier alpha value is -1.16. The molecule has 1 aliphatic heterocycles. The fourth-order valence-corrected chi connectivity index (χ4v) is 2.32. The third kappa shape index (κ3) is 2.02. The fraction of sp³-hybridized carbons (Fsp3) is 0.333. The zero-order valence-electron chi connectivity index (χ0n) is 8.94. The molecule has 3 nitrogen and oxygen atoms in total. The zero-order chi connectivity index (χ0) is 11.7. The van der Waals surface area contributed by atoms with Gasteiger partial charge < -0.3 is 4.90 Å². The molecule has 0 radical (unpaired) electrons. The predicted octanol–water partition coefficient (Wildman–Crippen LogP) is 2.31. The summed E-state index contributed by atoms with van der Waals surface area (Å²) in [5.74, 6) is -0.630. The van der Waals surface area contributed by atoms with Crippen LogP contribution in [0.3, 0.4) is 0 Å². The van der Waals surface area contributed by atoms with Crippen LogP contribution >= 0.6 is 15.9 Å². The molecular weight excluding hydrogens is 270 g/mol. The minimum atomic E-state index is -0.354. The lowest BCUT2D eigenvalue weighted by Gasteiger charge is -2.23. The van der Waals surface area contributed by atoms with Crippen LogP contribution < -0.4 is 0 Å². The van der Waals surface area contributed by atoms with Gasteiger partial charge in [0.05, 0.1) is 6.04 Å². The van der Waals surface area contributed by atoms with Crippen LogP contribution in [-0.2, 0) is 9.59 Å². The molecule has 84 valence electrons. The number of halogens is 1. The average Bonchev–Trinajstić information content (AvgIpc) is 2.59. The summed E-state index contributed by atoms with van der Waals surface area (Å²) >= 11 is 3.40. The number of Topliss-reactive ketones (excluding diaryl/α,β-unsaturated/α-hetero) is 1. The Kier molecular flexibility index (Phi) is 3.10. The van der Waals surface area contributed by atoms with Crippen LogP contribution in [0.25, 0.3) is 0 Å². The predicted molar refractivity (Wildman–Crippen MR) is 63.9 cm³/mol. The lowest BCUT2D eigenvalue weighted by atomic mass is 10.1. The van der Waals surface area contributed by atoms with E-state index in [9.17, 15) is 9.59 Å². The largest absolute Gasteiger partial charge is 0.329 e. The van der Waals surface area contributed by atoms with E-state index >= 15 is 0 Å². The van der Waals surface area contributed by atoms with Crippen LogP contribution in [0, 0.1) is 0 Å². The molecule has 0 N–H and O–H groups in total. The van der Waals surface area contributed by atoms with E-state index < -0.39 is 0 Å². The van der Waals surface area contributed by atoms with Crippen LogP contribution in [0.2, 0.25) is 0 Å². The van der Waals surface area contributed by atoms with Crippen LogP contribution in [0.4, 0.5) is 0 Å². The molecule has 1 saturated heterocycles. The third-order valence-corrected chi connectivity index (χ3v) is 3.37. The van der Waals surface area contributed by atoms with Crippen molar-refractivity contribution >= 4 is 27.6 Å². The summed E-state index contributed by atoms with van der Waals surface area (Å²) < 4.78 is 0.981. The molecule has 0 saturated carbocycles. The smallest absolute Gasteiger partial charge is 0.290 e. The van der Waals surface area contributed by atoms with E-state index in [4.69, 9.17) is 0 Å². The first-order valence-electron chi connectivity index (χ1n) is 5.19. The standard InChI is InChI=1S/C12H12BrNO2/c1-8(9-3-2-4-10(13)7-9)14-6-5-11(15)12(14)16/h2-4,7-8H,5-6H2,1H3. The number of amides is 1. The third-order valence-electron chi connectivity index (χ3n) is 2.88. The molecule has 1 aliphatic rings. The number of hydrogen-bond donors (Lipinski definition) is 0. The van der Waals surface area contributed by atoms with Gasteiger partial charge in [-0.2, -0.15) is 0 Å². The van der Waals surface area contributed by atoms with Gasteiger partial charge in [0.2, 0.25) is 5.78 Å². The Bertz CT molecular complexity index is 444. The highest BCUT2D eigenvalue weighted by atomic mass is 79.9. The first-order chi connectivity index (χ1) is 7.59. The van der Waals surface area contributed by atoms with Crippen molar-refractivity contribution in [1.82, 2.24) is 4.90 Å². The Morgan fingerprint density at radius 2 is 2.12 bits per heavy atom. The van der Waals surface area contributed by atoms with Gasteiger partial charge in [-0.15, -0.1) is 0 Å². The van der Waals surface area contributed by atoms with Crippen LogP contribution in [0.5, 0.6) is 0 Å². The van der Waals surface area contributed by atoms with Crippen molar-refractivity contribution in [2.45, 2.75) is 19.4 Å². The second-order valence-electron chi connectivity index (χ2n) is 3.90. The van der Waals surface area contributed by atoms with Gasteiger partial charge in [-0.05, 0) is 24.6 Å². The number of nitrogens with zero attached hydrogens (tertiary/aromatic N) is 1. The quantitative estimate of drug-likeness (QED) is 0.781. The summed E-state index contributed by atoms with van der Waals surface area (Å²) in [6.07, 6.45) is 0.344. The van der Waals surface area contributed by atoms with Gasteiger partial charge in [0, 0.05) is 17.4 Å². The molecule has 4 heteroatoms. The molecule has 0 bridgehead atoms. The zero-order valence-corrected chi connectivity index (χ0v) is 10.5. The van der Waals surface area contributed by atoms with Gasteiger partial charge in [-0.1, -0.05) is 28.1 Å². The molecule has 1 aromatic carbocycles. The summed E-state index contributed by atoms with van der Waals surface area (Å²) in [6.45, 7) is 2.48. The Labute approximate surface area is 103 Å². The van der Waals surface area contributed by atoms with Gasteiger partial charge in [0.25, 0.3) is 5.91 Å². The average molecular weight is 282 g/mol. The van der Waals surface area contributed by atoms with Crippen LogP contribution in [-0.4, -0.2) is 23.1 Å². The van der Waals surface area contributed by atoms with E-state index in [-0.39, 0.29) is 17.7 Å². The first kappa shape index (κ1) is 11.3. The number of rotatable bonds is 2. The highest BCUT2D eigenvalue weighted by Gasteiger charge is 2.32. The highest BCUT2D eigenvalue weighted by molar-refractivity contribution is 9.10. The number of carbonyl (C=O) groups is 2. The first-order valence-corrected chi connectivity index (χ1v) is 5.98. The molecule has 1 fully saturated rings. The molecule has 2 rings (SSSR count). The minimum Gasteiger partial charge on any atom is -0.329 e. The summed E-state index contributed by atoms with van der Waals surface area (Å²) in [5.41, 5.74) is 1.04. The fourth-order valence-electron chi connectivity index (χ4n) is 1.91. The molecule has 1 heterocycles. The maximum atomic E-state index is 11.6. The number of benzene rings is 1. The van der Waals surface area contributed by atoms with Crippen molar-refractivity contribution in [1.29, 1.82) is 0 Å². The van der Waals surface area contributed by atoms with Crippen molar-refractivity contribution < 1.29 is 9.59 Å². The lowest BCUT2D eigenvalue weighted by Crippen LogP contribution is -2.30. The van der Waals surface area contributed by atoms with Crippen molar-refractivity contribution in [3.05, 3.63) is 34.3 Å². The van der Waals surface area contributed by atoms with Gasteiger partial charge >= 0.3 is 0 Å². The van der Waals surface area contributed by atoms with Crippen molar-refractivity contribution in [3.8, 4) is 0 Å². The molecule has 0 spiro atoms. The molecule has 16 heavy (non-hydrogen) atoms. The van der Waals surface area contributed by atoms with Crippen molar-refractivity contribution in [2.24, 2.45) is 0 Å². The molecule has 1 unspecified atom stereocenters. The summed E-state index contributed by atoms with van der Waals surface area (Å²) in [7, 11) is 0. The maximum Gasteiger partial charge on any atom is 0.290 e. The Balaban J connectivity index is 2.22. The number of hydrogen-bond acceptors (Lipinski definition) is 2. The molecule has 0 aromatic heterocycles. The minimum absolute atomic E-state index is 0.0450. The van der Waals surface area contributed by atoms with E-state index in [1.807, 2.05) is 31.2 Å². The van der Waals surface area contributed by atoms with Gasteiger partial charge in [-0.3, -0.25) is 9.59 Å². The van der Waals surface area contributed by atoms with E-state index in [0.29, 0.717) is 13.0 Å². The topological polar surface area (TPSA) is 37.4 Å². The van der Waals surface area contributed by atoms with E-state index in [0.717, 1.165) is 10.0 Å². The van der Waals surface area contributed by atoms with Crippen molar-refractivity contribution in [2.75, 3.05) is 6.54 Å².